The molecule has 0 saturated heterocycles. The Morgan fingerprint density at radius 1 is 0.211 bits per heavy atom. The van der Waals surface area contributed by atoms with Crippen LogP contribution in [0.25, 0.3) is 65.4 Å². The third kappa shape index (κ3) is 9.44. The van der Waals surface area contributed by atoms with E-state index in [1.165, 1.54) is 44.5 Å². The number of anilines is 6. The minimum atomic E-state index is -0.198. The standard InChI is InChI=1S/C86H72N2O2/c1-83(2,57-25-13-9-14-26-57)61-37-45-65(46-38-61)87(66-47-39-62(40-48-66)84(3,4)58-27-15-10-16-28-58)75-54-79-81(71-35-23-21-33-69(71)75)73-53-74-78(56-77(73)89-79)90-80-55-76(70-34-22-24-36-72(70)82(74)80)88(67-49-41-63(42-50-67)85(5,6)59-29-17-11-18-30-59)68-51-43-64(44-52-68)86(7,8)60-31-19-12-20-32-60/h9-56H,1-8H3. The Hall–Kier alpha value is -10.4. The summed E-state index contributed by atoms with van der Waals surface area (Å²) in [7, 11) is 0. The average Bonchev–Trinajstić information content (AvgIpc) is 1.63. The zero-order chi connectivity index (χ0) is 61.5. The molecule has 0 radical (unpaired) electrons. The fourth-order valence-electron chi connectivity index (χ4n) is 14.2. The molecule has 2 aromatic heterocycles. The van der Waals surface area contributed by atoms with Crippen molar-refractivity contribution in [2.75, 3.05) is 9.80 Å². The van der Waals surface area contributed by atoms with Crippen LogP contribution in [-0.2, 0) is 21.7 Å². The molecule has 15 aromatic rings. The monoisotopic (exact) mass is 1160 g/mol. The molecule has 0 fully saturated rings. The van der Waals surface area contributed by atoms with E-state index in [9.17, 15) is 0 Å². The van der Waals surface area contributed by atoms with Gasteiger partial charge in [0.1, 0.15) is 22.3 Å². The van der Waals surface area contributed by atoms with E-state index in [0.29, 0.717) is 0 Å². The topological polar surface area (TPSA) is 32.8 Å². The molecule has 15 rings (SSSR count). The highest BCUT2D eigenvalue weighted by Crippen LogP contribution is 2.50. The third-order valence-corrected chi connectivity index (χ3v) is 19.9. The lowest BCUT2D eigenvalue weighted by atomic mass is 9.78. The van der Waals surface area contributed by atoms with E-state index in [-0.39, 0.29) is 21.7 Å². The first-order valence-corrected chi connectivity index (χ1v) is 31.6. The zero-order valence-electron chi connectivity index (χ0n) is 52.4. The first-order chi connectivity index (χ1) is 43.6. The van der Waals surface area contributed by atoms with Crippen LogP contribution in [0, 0.1) is 0 Å². The van der Waals surface area contributed by atoms with E-state index in [1.807, 2.05) is 0 Å². The Kier molecular flexibility index (Phi) is 13.5. The lowest BCUT2D eigenvalue weighted by Gasteiger charge is -2.31. The molecule has 0 saturated carbocycles. The van der Waals surface area contributed by atoms with Crippen molar-refractivity contribution in [2.24, 2.45) is 0 Å². The van der Waals surface area contributed by atoms with Gasteiger partial charge >= 0.3 is 0 Å². The lowest BCUT2D eigenvalue weighted by Crippen LogP contribution is -2.19. The summed E-state index contributed by atoms with van der Waals surface area (Å²) < 4.78 is 14.3. The third-order valence-electron chi connectivity index (χ3n) is 19.9. The molecule has 0 N–H and O–H groups in total. The molecular formula is C86H72N2O2. The minimum Gasteiger partial charge on any atom is -0.456 e. The van der Waals surface area contributed by atoms with Gasteiger partial charge in [0, 0.05) is 94.9 Å². The molecule has 4 nitrogen and oxygen atoms in total. The van der Waals surface area contributed by atoms with Gasteiger partial charge in [-0.2, -0.15) is 0 Å². The van der Waals surface area contributed by atoms with Crippen LogP contribution >= 0.6 is 0 Å². The van der Waals surface area contributed by atoms with Gasteiger partial charge in [-0.25, -0.2) is 0 Å². The van der Waals surface area contributed by atoms with Gasteiger partial charge < -0.3 is 18.6 Å². The number of nitrogens with zero attached hydrogens (tertiary/aromatic N) is 2. The molecule has 438 valence electrons. The predicted octanol–water partition coefficient (Wildman–Crippen LogP) is 24.0. The van der Waals surface area contributed by atoms with Crippen molar-refractivity contribution in [1.29, 1.82) is 0 Å². The molecule has 4 heteroatoms. The number of hydrogen-bond donors (Lipinski definition) is 0. The van der Waals surface area contributed by atoms with Crippen molar-refractivity contribution in [3.8, 4) is 0 Å². The number of fused-ring (bicyclic) bond motifs is 10. The quantitative estimate of drug-likeness (QED) is 0.109. The highest BCUT2D eigenvalue weighted by molar-refractivity contribution is 6.28. The second kappa shape index (κ2) is 21.7. The Bertz CT molecular complexity index is 4610. The summed E-state index contributed by atoms with van der Waals surface area (Å²) in [4.78, 5) is 4.80. The van der Waals surface area contributed by atoms with Gasteiger partial charge in [-0.15, -0.1) is 0 Å². The zero-order valence-corrected chi connectivity index (χ0v) is 52.4. The Morgan fingerprint density at radius 2 is 0.444 bits per heavy atom. The van der Waals surface area contributed by atoms with Crippen molar-refractivity contribution >= 4 is 99.5 Å². The van der Waals surface area contributed by atoms with Gasteiger partial charge in [0.15, 0.2) is 0 Å². The van der Waals surface area contributed by atoms with Crippen molar-refractivity contribution in [1.82, 2.24) is 0 Å². The maximum absolute atomic E-state index is 7.15. The van der Waals surface area contributed by atoms with Gasteiger partial charge in [-0.3, -0.25) is 0 Å². The van der Waals surface area contributed by atoms with E-state index in [4.69, 9.17) is 8.83 Å². The second-order valence-corrected chi connectivity index (χ2v) is 26.5. The van der Waals surface area contributed by atoms with Gasteiger partial charge in [-0.05, 0) is 110 Å². The van der Waals surface area contributed by atoms with Crippen molar-refractivity contribution in [3.05, 3.63) is 336 Å². The SMILES string of the molecule is CC(C)(c1ccccc1)c1ccc(N(c2ccc(C(C)(C)c3ccccc3)cc2)c2cc3oc4cc5oc6cc(N(c7ccc(C(C)(C)c8ccccc8)cc7)c7ccc(C(C)(C)c8ccccc8)cc7)c7ccccc7c6c5cc4c3c3ccccc23)cc1. The molecule has 0 unspecified atom stereocenters. The van der Waals surface area contributed by atoms with Crippen molar-refractivity contribution in [3.63, 3.8) is 0 Å². The Labute approximate surface area is 527 Å². The van der Waals surface area contributed by atoms with E-state index in [1.54, 1.807) is 0 Å². The molecule has 0 amide bonds. The minimum absolute atomic E-state index is 0.198. The molecule has 0 atom stereocenters. The maximum atomic E-state index is 7.15. The number of rotatable bonds is 14. The van der Waals surface area contributed by atoms with Crippen LogP contribution in [0.4, 0.5) is 34.1 Å². The molecule has 0 aliphatic rings. The summed E-state index contributed by atoms with van der Waals surface area (Å²) in [5, 5.41) is 8.71. The summed E-state index contributed by atoms with van der Waals surface area (Å²) >= 11 is 0. The molecule has 0 aliphatic heterocycles. The summed E-state index contributed by atoms with van der Waals surface area (Å²) in [6, 6.07) is 106. The molecule has 0 spiro atoms. The molecule has 13 aromatic carbocycles. The van der Waals surface area contributed by atoms with Gasteiger partial charge in [-0.1, -0.05) is 274 Å². The van der Waals surface area contributed by atoms with Crippen LogP contribution in [0.3, 0.4) is 0 Å². The van der Waals surface area contributed by atoms with Gasteiger partial charge in [0.05, 0.1) is 11.4 Å². The van der Waals surface area contributed by atoms with Crippen molar-refractivity contribution in [2.45, 2.75) is 77.0 Å². The first kappa shape index (κ1) is 56.1. The number of hydrogen-bond acceptors (Lipinski definition) is 4. The molecule has 90 heavy (non-hydrogen) atoms. The Morgan fingerprint density at radius 3 is 0.711 bits per heavy atom. The molecule has 2 heterocycles. The normalized spacial score (nSPS) is 12.4. The predicted molar refractivity (Wildman–Crippen MR) is 380 cm³/mol. The largest absolute Gasteiger partial charge is 0.456 e. The highest BCUT2D eigenvalue weighted by Gasteiger charge is 2.30. The average molecular weight is 1170 g/mol. The molecule has 0 aliphatic carbocycles. The van der Waals surface area contributed by atoms with E-state index >= 15 is 0 Å². The van der Waals surface area contributed by atoms with Gasteiger partial charge in [0.2, 0.25) is 0 Å². The van der Waals surface area contributed by atoms with Crippen LogP contribution in [0.5, 0.6) is 0 Å². The lowest BCUT2D eigenvalue weighted by molar-refractivity contribution is 0.640. The fourth-order valence-corrected chi connectivity index (χ4v) is 14.2. The van der Waals surface area contributed by atoms with Crippen LogP contribution in [0.1, 0.15) is 99.9 Å². The first-order valence-electron chi connectivity index (χ1n) is 31.6. The van der Waals surface area contributed by atoms with Gasteiger partial charge in [0.25, 0.3) is 0 Å². The van der Waals surface area contributed by atoms with Crippen LogP contribution in [0.15, 0.2) is 300 Å². The van der Waals surface area contributed by atoms with Crippen molar-refractivity contribution < 1.29 is 8.83 Å². The molecule has 0 bridgehead atoms. The maximum Gasteiger partial charge on any atom is 0.139 e. The molecular weight excluding hydrogens is 1090 g/mol. The van der Waals surface area contributed by atoms with Crippen LogP contribution in [0.2, 0.25) is 0 Å². The summed E-state index contributed by atoms with van der Waals surface area (Å²) in [5.41, 5.74) is 18.7. The summed E-state index contributed by atoms with van der Waals surface area (Å²) in [5.74, 6) is 0. The van der Waals surface area contributed by atoms with E-state index in [2.05, 4.69) is 356 Å². The summed E-state index contributed by atoms with van der Waals surface area (Å²) in [6.07, 6.45) is 0. The smallest absolute Gasteiger partial charge is 0.139 e. The number of furan rings is 2. The number of benzene rings is 13. The Balaban J connectivity index is 0.879. The second-order valence-electron chi connectivity index (χ2n) is 26.5. The highest BCUT2D eigenvalue weighted by atomic mass is 16.3. The summed E-state index contributed by atoms with van der Waals surface area (Å²) in [6.45, 7) is 18.5. The van der Waals surface area contributed by atoms with E-state index in [0.717, 1.165) is 99.5 Å². The van der Waals surface area contributed by atoms with Crippen LogP contribution in [-0.4, -0.2) is 0 Å². The van der Waals surface area contributed by atoms with Crippen LogP contribution < -0.4 is 9.80 Å². The van der Waals surface area contributed by atoms with E-state index < -0.39 is 0 Å². The fraction of sp³-hybridized carbons (Fsp3) is 0.140.